The maximum Gasteiger partial charge on any atom is 0.229 e. The molecule has 1 aromatic rings. The average Bonchev–Trinajstić information content (AvgIpc) is 2.52. The molecule has 0 aliphatic carbocycles. The number of likely N-dealkylation sites (N-methyl/N-ethyl adjacent to an activating group) is 1. The lowest BCUT2D eigenvalue weighted by atomic mass is 10.1. The molecule has 0 fully saturated rings. The molecule has 2 N–H and O–H groups in total. The summed E-state index contributed by atoms with van der Waals surface area (Å²) in [5.74, 6) is 0. The van der Waals surface area contributed by atoms with Crippen LogP contribution >= 0.6 is 0 Å². The third-order valence-corrected chi connectivity index (χ3v) is 4.66. The lowest BCUT2D eigenvalue weighted by Gasteiger charge is -2.24. The summed E-state index contributed by atoms with van der Waals surface area (Å²) >= 11 is 0. The standard InChI is InChI=1S/C18H32N2O3S/c1-4-6-7-8-9-14-20(5-2)15-18(21)16-10-12-17(13-11-16)19-24(3,22)23/h10-13,18-19,21H,4-9,14-15H2,1-3H3. The van der Waals surface area contributed by atoms with Crippen LogP contribution in [0.2, 0.25) is 0 Å². The van der Waals surface area contributed by atoms with Crippen LogP contribution < -0.4 is 4.72 Å². The number of nitrogens with one attached hydrogen (secondary N) is 1. The Morgan fingerprint density at radius 2 is 1.71 bits per heavy atom. The van der Waals surface area contributed by atoms with Crippen LogP contribution in [0.25, 0.3) is 0 Å². The Morgan fingerprint density at radius 1 is 1.08 bits per heavy atom. The van der Waals surface area contributed by atoms with E-state index in [1.54, 1.807) is 24.3 Å². The van der Waals surface area contributed by atoms with Crippen molar-refractivity contribution < 1.29 is 13.5 Å². The molecule has 0 spiro atoms. The van der Waals surface area contributed by atoms with Gasteiger partial charge >= 0.3 is 0 Å². The molecule has 138 valence electrons. The fraction of sp³-hybridized carbons (Fsp3) is 0.667. The Labute approximate surface area is 147 Å². The Balaban J connectivity index is 2.48. The Kier molecular flexibility index (Phi) is 9.33. The molecule has 0 amide bonds. The minimum Gasteiger partial charge on any atom is -0.387 e. The second-order valence-corrected chi connectivity index (χ2v) is 8.07. The number of aliphatic hydroxyl groups excluding tert-OH is 1. The number of aliphatic hydroxyl groups is 1. The zero-order chi connectivity index (χ0) is 18.0. The highest BCUT2D eigenvalue weighted by atomic mass is 32.2. The third-order valence-electron chi connectivity index (χ3n) is 4.05. The van der Waals surface area contributed by atoms with Gasteiger partial charge in [0.15, 0.2) is 0 Å². The van der Waals surface area contributed by atoms with Gasteiger partial charge in [0.2, 0.25) is 10.0 Å². The van der Waals surface area contributed by atoms with Crippen molar-refractivity contribution in [3.8, 4) is 0 Å². The van der Waals surface area contributed by atoms with Gasteiger partial charge in [-0.25, -0.2) is 8.42 Å². The van der Waals surface area contributed by atoms with E-state index in [1.807, 2.05) is 0 Å². The van der Waals surface area contributed by atoms with Crippen molar-refractivity contribution in [3.05, 3.63) is 29.8 Å². The second kappa shape index (κ2) is 10.7. The molecule has 0 heterocycles. The van der Waals surface area contributed by atoms with E-state index in [-0.39, 0.29) is 0 Å². The van der Waals surface area contributed by atoms with Crippen molar-refractivity contribution in [3.63, 3.8) is 0 Å². The summed E-state index contributed by atoms with van der Waals surface area (Å²) in [6.45, 7) is 6.84. The molecule has 6 heteroatoms. The first-order valence-electron chi connectivity index (χ1n) is 8.84. The molecule has 1 aromatic carbocycles. The van der Waals surface area contributed by atoms with E-state index in [0.29, 0.717) is 12.2 Å². The first-order valence-corrected chi connectivity index (χ1v) is 10.7. The van der Waals surface area contributed by atoms with Gasteiger partial charge in [0.25, 0.3) is 0 Å². The summed E-state index contributed by atoms with van der Waals surface area (Å²) < 4.78 is 24.8. The van der Waals surface area contributed by atoms with E-state index in [4.69, 9.17) is 0 Å². The molecule has 0 saturated heterocycles. The predicted molar refractivity (Wildman–Crippen MR) is 101 cm³/mol. The average molecular weight is 357 g/mol. The van der Waals surface area contributed by atoms with Gasteiger partial charge in [0.05, 0.1) is 12.4 Å². The molecule has 0 saturated carbocycles. The van der Waals surface area contributed by atoms with Crippen molar-refractivity contribution in [1.29, 1.82) is 0 Å². The van der Waals surface area contributed by atoms with Crippen LogP contribution in [0.1, 0.15) is 57.6 Å². The highest BCUT2D eigenvalue weighted by Crippen LogP contribution is 2.18. The first kappa shape index (κ1) is 20.9. The number of nitrogens with zero attached hydrogens (tertiary/aromatic N) is 1. The molecule has 1 atom stereocenters. The van der Waals surface area contributed by atoms with Crippen LogP contribution in [0.15, 0.2) is 24.3 Å². The quantitative estimate of drug-likeness (QED) is 0.563. The van der Waals surface area contributed by atoms with Gasteiger partial charge < -0.3 is 10.0 Å². The van der Waals surface area contributed by atoms with Crippen molar-refractivity contribution >= 4 is 15.7 Å². The summed E-state index contributed by atoms with van der Waals surface area (Å²) in [7, 11) is -3.27. The number of unbranched alkanes of at least 4 members (excludes halogenated alkanes) is 4. The summed E-state index contributed by atoms with van der Waals surface area (Å²) in [5.41, 5.74) is 1.32. The van der Waals surface area contributed by atoms with Crippen molar-refractivity contribution in [2.24, 2.45) is 0 Å². The molecule has 0 aromatic heterocycles. The van der Waals surface area contributed by atoms with Gasteiger partial charge in [-0.15, -0.1) is 0 Å². The molecular formula is C18H32N2O3S. The summed E-state index contributed by atoms with van der Waals surface area (Å²) in [5, 5.41) is 10.4. The maximum absolute atomic E-state index is 11.2. The normalized spacial score (nSPS) is 13.2. The lowest BCUT2D eigenvalue weighted by molar-refractivity contribution is 0.115. The maximum atomic E-state index is 11.2. The van der Waals surface area contributed by atoms with Gasteiger partial charge in [0, 0.05) is 12.2 Å². The highest BCUT2D eigenvalue weighted by Gasteiger charge is 2.12. The fourth-order valence-electron chi connectivity index (χ4n) is 2.65. The number of rotatable bonds is 12. The lowest BCUT2D eigenvalue weighted by Crippen LogP contribution is -2.29. The Morgan fingerprint density at radius 3 is 2.25 bits per heavy atom. The number of benzene rings is 1. The minimum atomic E-state index is -3.27. The van der Waals surface area contributed by atoms with Crippen LogP contribution in [-0.2, 0) is 10.0 Å². The SMILES string of the molecule is CCCCCCCN(CC)CC(O)c1ccc(NS(C)(=O)=O)cc1. The summed E-state index contributed by atoms with van der Waals surface area (Å²) in [4.78, 5) is 2.26. The molecule has 1 rings (SSSR count). The van der Waals surface area contributed by atoms with Crippen LogP contribution in [-0.4, -0.2) is 44.3 Å². The molecule has 5 nitrogen and oxygen atoms in total. The van der Waals surface area contributed by atoms with Crippen molar-refractivity contribution in [2.75, 3.05) is 30.6 Å². The van der Waals surface area contributed by atoms with Gasteiger partial charge in [-0.3, -0.25) is 4.72 Å². The van der Waals surface area contributed by atoms with Crippen LogP contribution in [0, 0.1) is 0 Å². The van der Waals surface area contributed by atoms with Gasteiger partial charge in [-0.1, -0.05) is 51.7 Å². The van der Waals surface area contributed by atoms with Gasteiger partial charge in [-0.2, -0.15) is 0 Å². The molecule has 24 heavy (non-hydrogen) atoms. The zero-order valence-electron chi connectivity index (χ0n) is 15.2. The largest absolute Gasteiger partial charge is 0.387 e. The van der Waals surface area contributed by atoms with Crippen LogP contribution in [0.5, 0.6) is 0 Å². The molecule has 0 bridgehead atoms. The number of hydrogen-bond donors (Lipinski definition) is 2. The number of anilines is 1. The number of sulfonamides is 1. The van der Waals surface area contributed by atoms with Crippen molar-refractivity contribution in [1.82, 2.24) is 4.90 Å². The number of hydrogen-bond acceptors (Lipinski definition) is 4. The van der Waals surface area contributed by atoms with E-state index in [1.165, 1.54) is 25.7 Å². The van der Waals surface area contributed by atoms with E-state index in [0.717, 1.165) is 31.3 Å². The second-order valence-electron chi connectivity index (χ2n) is 6.32. The van der Waals surface area contributed by atoms with Gasteiger partial charge in [-0.05, 0) is 37.2 Å². The van der Waals surface area contributed by atoms with E-state index in [9.17, 15) is 13.5 Å². The smallest absolute Gasteiger partial charge is 0.229 e. The molecular weight excluding hydrogens is 324 g/mol. The minimum absolute atomic E-state index is 0.511. The summed E-state index contributed by atoms with van der Waals surface area (Å²) in [6.07, 6.45) is 6.79. The molecule has 0 aliphatic heterocycles. The molecule has 1 unspecified atom stereocenters. The predicted octanol–water partition coefficient (Wildman–Crippen LogP) is 3.38. The van der Waals surface area contributed by atoms with E-state index >= 15 is 0 Å². The van der Waals surface area contributed by atoms with Crippen LogP contribution in [0.3, 0.4) is 0 Å². The third kappa shape index (κ3) is 8.66. The topological polar surface area (TPSA) is 69.6 Å². The Bertz CT molecular complexity index is 558. The first-order chi connectivity index (χ1) is 11.4. The Hall–Kier alpha value is -1.11. The van der Waals surface area contributed by atoms with E-state index in [2.05, 4.69) is 23.5 Å². The van der Waals surface area contributed by atoms with E-state index < -0.39 is 16.1 Å². The molecule has 0 aliphatic rings. The monoisotopic (exact) mass is 356 g/mol. The molecule has 0 radical (unpaired) electrons. The fourth-order valence-corrected chi connectivity index (χ4v) is 3.22. The van der Waals surface area contributed by atoms with Crippen LogP contribution in [0.4, 0.5) is 5.69 Å². The highest BCUT2D eigenvalue weighted by molar-refractivity contribution is 7.92. The summed E-state index contributed by atoms with van der Waals surface area (Å²) in [6, 6.07) is 6.90. The zero-order valence-corrected chi connectivity index (χ0v) is 16.0. The van der Waals surface area contributed by atoms with Gasteiger partial charge in [0.1, 0.15) is 0 Å². The van der Waals surface area contributed by atoms with Crippen molar-refractivity contribution in [2.45, 2.75) is 52.1 Å².